The van der Waals surface area contributed by atoms with E-state index in [0.29, 0.717) is 17.0 Å². The second kappa shape index (κ2) is 8.00. The molecule has 0 saturated heterocycles. The minimum atomic E-state index is -0.202. The van der Waals surface area contributed by atoms with Crippen LogP contribution in [0.1, 0.15) is 47.0 Å². The van der Waals surface area contributed by atoms with Gasteiger partial charge in [-0.15, -0.1) is 0 Å². The van der Waals surface area contributed by atoms with Crippen LogP contribution in [0.5, 0.6) is 0 Å². The number of rotatable bonds is 6. The van der Waals surface area contributed by atoms with Gasteiger partial charge in [0.25, 0.3) is 5.91 Å². The zero-order valence-electron chi connectivity index (χ0n) is 15.5. The van der Waals surface area contributed by atoms with Crippen LogP contribution in [0.3, 0.4) is 0 Å². The van der Waals surface area contributed by atoms with Crippen LogP contribution in [0.2, 0.25) is 0 Å². The molecule has 0 bridgehead atoms. The molecule has 0 fully saturated rings. The number of hydrogen-bond acceptors (Lipinski definition) is 3. The van der Waals surface area contributed by atoms with Gasteiger partial charge in [0.1, 0.15) is 17.0 Å². The molecule has 0 spiro atoms. The highest BCUT2D eigenvalue weighted by Gasteiger charge is 2.22. The Morgan fingerprint density at radius 2 is 1.88 bits per heavy atom. The molecular formula is C22H24N2O2. The summed E-state index contributed by atoms with van der Waals surface area (Å²) in [7, 11) is 0. The maximum absolute atomic E-state index is 12.9. The lowest BCUT2D eigenvalue weighted by Gasteiger charge is -2.10. The van der Waals surface area contributed by atoms with E-state index in [-0.39, 0.29) is 5.91 Å². The van der Waals surface area contributed by atoms with Gasteiger partial charge >= 0.3 is 0 Å². The highest BCUT2D eigenvalue weighted by Crippen LogP contribution is 2.27. The number of nitrogens with zero attached hydrogens (tertiary/aromatic N) is 1. The third kappa shape index (κ3) is 3.85. The fourth-order valence-corrected chi connectivity index (χ4v) is 3.02. The minimum absolute atomic E-state index is 0.202. The van der Waals surface area contributed by atoms with Crippen LogP contribution < -0.4 is 5.32 Å². The van der Waals surface area contributed by atoms with E-state index in [1.807, 2.05) is 43.3 Å². The Bertz CT molecular complexity index is 898. The molecule has 2 aromatic carbocycles. The van der Waals surface area contributed by atoms with Crippen molar-refractivity contribution in [1.29, 1.82) is 0 Å². The van der Waals surface area contributed by atoms with Gasteiger partial charge in [0.2, 0.25) is 0 Å². The van der Waals surface area contributed by atoms with Crippen molar-refractivity contribution in [3.05, 3.63) is 71.0 Å². The highest BCUT2D eigenvalue weighted by atomic mass is 16.5. The third-order valence-electron chi connectivity index (χ3n) is 4.50. The summed E-state index contributed by atoms with van der Waals surface area (Å²) in [5.41, 5.74) is 5.08. The molecule has 1 N–H and O–H groups in total. The average molecular weight is 348 g/mol. The van der Waals surface area contributed by atoms with Crippen LogP contribution in [-0.4, -0.2) is 11.1 Å². The molecule has 4 nitrogen and oxygen atoms in total. The Hall–Kier alpha value is -2.88. The lowest BCUT2D eigenvalue weighted by molar-refractivity contribution is 0.102. The van der Waals surface area contributed by atoms with Gasteiger partial charge in [0.15, 0.2) is 0 Å². The van der Waals surface area contributed by atoms with E-state index in [1.54, 1.807) is 6.92 Å². The van der Waals surface area contributed by atoms with E-state index in [2.05, 4.69) is 29.5 Å². The summed E-state index contributed by atoms with van der Waals surface area (Å²) in [5, 5.41) is 7.09. The number of aryl methyl sites for hydroxylation is 3. The fourth-order valence-electron chi connectivity index (χ4n) is 3.02. The van der Waals surface area contributed by atoms with Crippen molar-refractivity contribution in [2.24, 2.45) is 0 Å². The largest absolute Gasteiger partial charge is 0.360 e. The molecule has 1 heterocycles. The number of carbonyl (C=O) groups excluding carboxylic acids is 1. The molecule has 0 saturated carbocycles. The molecule has 0 aliphatic heterocycles. The first kappa shape index (κ1) is 17.9. The number of benzene rings is 2. The first-order valence-corrected chi connectivity index (χ1v) is 9.02. The summed E-state index contributed by atoms with van der Waals surface area (Å²) in [5.74, 6) is 0.311. The monoisotopic (exact) mass is 348 g/mol. The van der Waals surface area contributed by atoms with Crippen molar-refractivity contribution < 1.29 is 9.32 Å². The molecule has 26 heavy (non-hydrogen) atoms. The minimum Gasteiger partial charge on any atom is -0.360 e. The van der Waals surface area contributed by atoms with E-state index in [1.165, 1.54) is 18.4 Å². The molecule has 1 aromatic heterocycles. The molecule has 0 aliphatic rings. The normalized spacial score (nSPS) is 10.7. The zero-order chi connectivity index (χ0) is 18.5. The van der Waals surface area contributed by atoms with Crippen molar-refractivity contribution in [1.82, 2.24) is 5.16 Å². The Balaban J connectivity index is 1.84. The number of amides is 1. The van der Waals surface area contributed by atoms with Gasteiger partial charge in [-0.1, -0.05) is 61.0 Å². The Morgan fingerprint density at radius 3 is 2.58 bits per heavy atom. The highest BCUT2D eigenvalue weighted by molar-refractivity contribution is 6.09. The summed E-state index contributed by atoms with van der Waals surface area (Å²) >= 11 is 0. The first-order valence-electron chi connectivity index (χ1n) is 9.02. The predicted octanol–water partition coefficient (Wildman–Crippen LogP) is 5.55. The van der Waals surface area contributed by atoms with Gasteiger partial charge in [0.05, 0.1) is 0 Å². The smallest absolute Gasteiger partial charge is 0.261 e. The van der Waals surface area contributed by atoms with E-state index in [9.17, 15) is 4.79 Å². The molecular weight excluding hydrogens is 324 g/mol. The van der Waals surface area contributed by atoms with Crippen LogP contribution >= 0.6 is 0 Å². The van der Waals surface area contributed by atoms with Gasteiger partial charge in [-0.2, -0.15) is 0 Å². The second-order valence-electron chi connectivity index (χ2n) is 6.54. The molecule has 0 aliphatic carbocycles. The van der Waals surface area contributed by atoms with Crippen molar-refractivity contribution in [2.75, 3.05) is 5.32 Å². The summed E-state index contributed by atoms with van der Waals surface area (Å²) in [4.78, 5) is 12.9. The zero-order valence-corrected chi connectivity index (χ0v) is 15.5. The maximum Gasteiger partial charge on any atom is 0.261 e. The van der Waals surface area contributed by atoms with E-state index in [0.717, 1.165) is 23.2 Å². The molecule has 3 aromatic rings. The SMILES string of the molecule is CCCCc1ccc(NC(=O)c2c(-c3ccccc3)noc2C)c(C)c1. The van der Waals surface area contributed by atoms with Crippen LogP contribution in [0.25, 0.3) is 11.3 Å². The van der Waals surface area contributed by atoms with Crippen molar-refractivity contribution in [3.8, 4) is 11.3 Å². The second-order valence-corrected chi connectivity index (χ2v) is 6.54. The summed E-state index contributed by atoms with van der Waals surface area (Å²) < 4.78 is 5.29. The maximum atomic E-state index is 12.9. The predicted molar refractivity (Wildman–Crippen MR) is 104 cm³/mol. The van der Waals surface area contributed by atoms with Crippen LogP contribution in [0.4, 0.5) is 5.69 Å². The van der Waals surface area contributed by atoms with Gasteiger partial charge in [-0.3, -0.25) is 4.79 Å². The van der Waals surface area contributed by atoms with Gasteiger partial charge < -0.3 is 9.84 Å². The van der Waals surface area contributed by atoms with Gasteiger partial charge in [-0.05, 0) is 43.9 Å². The molecule has 0 unspecified atom stereocenters. The number of aromatic nitrogens is 1. The number of anilines is 1. The fraction of sp³-hybridized carbons (Fsp3) is 0.273. The molecule has 1 amide bonds. The van der Waals surface area contributed by atoms with Crippen molar-refractivity contribution >= 4 is 11.6 Å². The number of hydrogen-bond donors (Lipinski definition) is 1. The topological polar surface area (TPSA) is 55.1 Å². The summed E-state index contributed by atoms with van der Waals surface area (Å²) in [6.07, 6.45) is 3.41. The Labute approximate surface area is 154 Å². The first-order chi connectivity index (χ1) is 12.6. The lowest BCUT2D eigenvalue weighted by Crippen LogP contribution is -2.14. The third-order valence-corrected chi connectivity index (χ3v) is 4.50. The standard InChI is InChI=1S/C22H24N2O2/c1-4-5-9-17-12-13-19(15(2)14-17)23-22(25)20-16(3)26-24-21(20)18-10-7-6-8-11-18/h6-8,10-14H,4-5,9H2,1-3H3,(H,23,25). The van der Waals surface area contributed by atoms with E-state index in [4.69, 9.17) is 4.52 Å². The van der Waals surface area contributed by atoms with Gasteiger partial charge in [-0.25, -0.2) is 0 Å². The van der Waals surface area contributed by atoms with Crippen LogP contribution in [-0.2, 0) is 6.42 Å². The van der Waals surface area contributed by atoms with E-state index < -0.39 is 0 Å². The molecule has 4 heteroatoms. The number of unbranched alkanes of at least 4 members (excludes halogenated alkanes) is 1. The quantitative estimate of drug-likeness (QED) is 0.635. The molecule has 134 valence electrons. The summed E-state index contributed by atoms with van der Waals surface area (Å²) in [6, 6.07) is 15.8. The number of nitrogens with one attached hydrogen (secondary N) is 1. The van der Waals surface area contributed by atoms with Gasteiger partial charge in [0, 0.05) is 11.3 Å². The Kier molecular flexibility index (Phi) is 5.52. The average Bonchev–Trinajstić information content (AvgIpc) is 3.04. The Morgan fingerprint density at radius 1 is 1.12 bits per heavy atom. The van der Waals surface area contributed by atoms with Crippen molar-refractivity contribution in [3.63, 3.8) is 0 Å². The number of carbonyl (C=O) groups is 1. The van der Waals surface area contributed by atoms with Crippen LogP contribution in [0, 0.1) is 13.8 Å². The molecule has 3 rings (SSSR count). The lowest BCUT2D eigenvalue weighted by atomic mass is 10.0. The van der Waals surface area contributed by atoms with Crippen LogP contribution in [0.15, 0.2) is 53.1 Å². The molecule has 0 atom stereocenters. The van der Waals surface area contributed by atoms with E-state index >= 15 is 0 Å². The summed E-state index contributed by atoms with van der Waals surface area (Å²) in [6.45, 7) is 5.96. The molecule has 0 radical (unpaired) electrons. The van der Waals surface area contributed by atoms with Crippen molar-refractivity contribution in [2.45, 2.75) is 40.0 Å².